The number of carbonyl (C=O) groups is 1. The van der Waals surface area contributed by atoms with E-state index in [1.165, 1.54) is 12.1 Å². The highest BCUT2D eigenvalue weighted by Gasteiger charge is 2.33. The Morgan fingerprint density at radius 2 is 2.25 bits per heavy atom. The van der Waals surface area contributed by atoms with Crippen LogP contribution < -0.4 is 5.73 Å². The average molecular weight is 274 g/mol. The molecular weight excluding hydrogens is 255 g/mol. The number of rotatable bonds is 4. The van der Waals surface area contributed by atoms with Gasteiger partial charge in [-0.3, -0.25) is 4.79 Å². The standard InChI is InChI=1S/C16H19FN2O/c1-2-10-19(13-6-7-13)16(20)14-8-5-12(4-3-9-18)11-15(14)17/h5,8,11,13H,2,6-7,9-10,18H2,1H3. The first kappa shape index (κ1) is 14.5. The number of nitrogens with zero attached hydrogens (tertiary/aromatic N) is 1. The fourth-order valence-corrected chi connectivity index (χ4v) is 2.15. The van der Waals surface area contributed by atoms with Crippen LogP contribution in [0.15, 0.2) is 18.2 Å². The zero-order valence-electron chi connectivity index (χ0n) is 11.7. The summed E-state index contributed by atoms with van der Waals surface area (Å²) in [5, 5.41) is 0. The third kappa shape index (κ3) is 3.37. The highest BCUT2D eigenvalue weighted by Crippen LogP contribution is 2.29. The molecule has 0 atom stereocenters. The van der Waals surface area contributed by atoms with Gasteiger partial charge in [0.25, 0.3) is 5.91 Å². The Kier molecular flexibility index (Phi) is 4.75. The molecule has 0 aliphatic heterocycles. The summed E-state index contributed by atoms with van der Waals surface area (Å²) in [6, 6.07) is 4.77. The van der Waals surface area contributed by atoms with E-state index < -0.39 is 5.82 Å². The van der Waals surface area contributed by atoms with Crippen molar-refractivity contribution in [3.8, 4) is 11.8 Å². The Labute approximate surface area is 119 Å². The van der Waals surface area contributed by atoms with Gasteiger partial charge in [0, 0.05) is 18.2 Å². The van der Waals surface area contributed by atoms with Gasteiger partial charge in [-0.15, -0.1) is 0 Å². The van der Waals surface area contributed by atoms with Crippen LogP contribution in [-0.4, -0.2) is 29.9 Å². The molecule has 3 nitrogen and oxygen atoms in total. The minimum atomic E-state index is -0.513. The summed E-state index contributed by atoms with van der Waals surface area (Å²) < 4.78 is 14.1. The van der Waals surface area contributed by atoms with Gasteiger partial charge in [0.05, 0.1) is 12.1 Å². The minimum Gasteiger partial charge on any atom is -0.336 e. The molecule has 1 fully saturated rings. The monoisotopic (exact) mass is 274 g/mol. The predicted octanol–water partition coefficient (Wildman–Crippen LogP) is 2.15. The van der Waals surface area contributed by atoms with Crippen LogP contribution in [0.4, 0.5) is 4.39 Å². The molecule has 2 N–H and O–H groups in total. The topological polar surface area (TPSA) is 46.3 Å². The van der Waals surface area contributed by atoms with Crippen LogP contribution in [0.25, 0.3) is 0 Å². The molecule has 1 aliphatic rings. The van der Waals surface area contributed by atoms with E-state index >= 15 is 0 Å². The number of halogens is 1. The number of carbonyl (C=O) groups excluding carboxylic acids is 1. The zero-order chi connectivity index (χ0) is 14.5. The minimum absolute atomic E-state index is 0.128. The second-order valence-electron chi connectivity index (χ2n) is 4.93. The quantitative estimate of drug-likeness (QED) is 0.855. The summed E-state index contributed by atoms with van der Waals surface area (Å²) in [6.45, 7) is 2.93. The predicted molar refractivity (Wildman–Crippen MR) is 76.7 cm³/mol. The molecule has 0 spiro atoms. The highest BCUT2D eigenvalue weighted by molar-refractivity contribution is 5.95. The van der Waals surface area contributed by atoms with Crippen molar-refractivity contribution in [1.29, 1.82) is 0 Å². The lowest BCUT2D eigenvalue weighted by molar-refractivity contribution is 0.0738. The molecule has 0 aromatic heterocycles. The third-order valence-electron chi connectivity index (χ3n) is 3.25. The van der Waals surface area contributed by atoms with E-state index in [0.717, 1.165) is 19.3 Å². The number of hydrogen-bond acceptors (Lipinski definition) is 2. The van der Waals surface area contributed by atoms with Crippen molar-refractivity contribution in [2.45, 2.75) is 32.2 Å². The van der Waals surface area contributed by atoms with Gasteiger partial charge in [0.1, 0.15) is 5.82 Å². The van der Waals surface area contributed by atoms with Gasteiger partial charge in [-0.2, -0.15) is 0 Å². The molecule has 1 aromatic carbocycles. The van der Waals surface area contributed by atoms with E-state index in [-0.39, 0.29) is 18.0 Å². The fraction of sp³-hybridized carbons (Fsp3) is 0.438. The van der Waals surface area contributed by atoms with Gasteiger partial charge >= 0.3 is 0 Å². The molecule has 0 bridgehead atoms. The van der Waals surface area contributed by atoms with Crippen LogP contribution in [0.1, 0.15) is 42.1 Å². The molecule has 1 amide bonds. The number of nitrogens with two attached hydrogens (primary N) is 1. The van der Waals surface area contributed by atoms with Gasteiger partial charge in [-0.05, 0) is 37.5 Å². The molecule has 1 saturated carbocycles. The van der Waals surface area contributed by atoms with Gasteiger partial charge in [0.2, 0.25) is 0 Å². The Morgan fingerprint density at radius 1 is 1.50 bits per heavy atom. The van der Waals surface area contributed by atoms with Crippen molar-refractivity contribution in [3.63, 3.8) is 0 Å². The lowest BCUT2D eigenvalue weighted by Gasteiger charge is -2.22. The first-order chi connectivity index (χ1) is 9.67. The van der Waals surface area contributed by atoms with E-state index in [1.54, 1.807) is 11.0 Å². The van der Waals surface area contributed by atoms with Crippen molar-refractivity contribution in [3.05, 3.63) is 35.1 Å². The molecule has 0 unspecified atom stereocenters. The van der Waals surface area contributed by atoms with Crippen LogP contribution in [0.3, 0.4) is 0 Å². The van der Waals surface area contributed by atoms with Gasteiger partial charge in [-0.1, -0.05) is 18.8 Å². The first-order valence-corrected chi connectivity index (χ1v) is 6.96. The maximum Gasteiger partial charge on any atom is 0.257 e. The molecule has 1 aromatic rings. The Bertz CT molecular complexity index is 555. The third-order valence-corrected chi connectivity index (χ3v) is 3.25. The van der Waals surface area contributed by atoms with E-state index in [1.807, 2.05) is 6.92 Å². The molecule has 2 rings (SSSR count). The Morgan fingerprint density at radius 3 is 2.80 bits per heavy atom. The molecule has 20 heavy (non-hydrogen) atoms. The molecule has 0 radical (unpaired) electrons. The molecule has 1 aliphatic carbocycles. The summed E-state index contributed by atoms with van der Waals surface area (Å²) in [6.07, 6.45) is 2.92. The number of hydrogen-bond donors (Lipinski definition) is 1. The van der Waals surface area contributed by atoms with Crippen LogP contribution in [0, 0.1) is 17.7 Å². The van der Waals surface area contributed by atoms with E-state index in [4.69, 9.17) is 5.73 Å². The summed E-state index contributed by atoms with van der Waals surface area (Å²) >= 11 is 0. The molecule has 4 heteroatoms. The van der Waals surface area contributed by atoms with Crippen LogP contribution in [0.2, 0.25) is 0 Å². The average Bonchev–Trinajstić information content (AvgIpc) is 3.26. The first-order valence-electron chi connectivity index (χ1n) is 6.96. The van der Waals surface area contributed by atoms with E-state index in [9.17, 15) is 9.18 Å². The van der Waals surface area contributed by atoms with Crippen LogP contribution in [0.5, 0.6) is 0 Å². The van der Waals surface area contributed by atoms with Crippen molar-refractivity contribution in [1.82, 2.24) is 4.90 Å². The lowest BCUT2D eigenvalue weighted by atomic mass is 10.1. The highest BCUT2D eigenvalue weighted by atomic mass is 19.1. The van der Waals surface area contributed by atoms with Gasteiger partial charge in [0.15, 0.2) is 0 Å². The fourth-order valence-electron chi connectivity index (χ4n) is 2.15. The van der Waals surface area contributed by atoms with Crippen LogP contribution in [-0.2, 0) is 0 Å². The Balaban J connectivity index is 2.21. The summed E-state index contributed by atoms with van der Waals surface area (Å²) in [5.41, 5.74) is 5.95. The number of benzene rings is 1. The molecular formula is C16H19FN2O. The molecule has 0 saturated heterocycles. The van der Waals surface area contributed by atoms with Gasteiger partial charge in [-0.25, -0.2) is 4.39 Å². The maximum absolute atomic E-state index is 14.1. The van der Waals surface area contributed by atoms with Crippen molar-refractivity contribution in [2.24, 2.45) is 5.73 Å². The largest absolute Gasteiger partial charge is 0.336 e. The second kappa shape index (κ2) is 6.53. The summed E-state index contributed by atoms with van der Waals surface area (Å²) in [4.78, 5) is 14.2. The normalized spacial score (nSPS) is 13.6. The summed E-state index contributed by atoms with van der Waals surface area (Å²) in [7, 11) is 0. The molecule has 0 heterocycles. The lowest BCUT2D eigenvalue weighted by Crippen LogP contribution is -2.34. The van der Waals surface area contributed by atoms with E-state index in [0.29, 0.717) is 18.2 Å². The van der Waals surface area contributed by atoms with Crippen LogP contribution >= 0.6 is 0 Å². The van der Waals surface area contributed by atoms with Crippen molar-refractivity contribution >= 4 is 5.91 Å². The second-order valence-corrected chi connectivity index (χ2v) is 4.93. The smallest absolute Gasteiger partial charge is 0.257 e. The molecule has 106 valence electrons. The summed E-state index contributed by atoms with van der Waals surface area (Å²) in [5.74, 6) is 4.70. The number of amides is 1. The maximum atomic E-state index is 14.1. The SMILES string of the molecule is CCCN(C(=O)c1ccc(C#CCN)cc1F)C1CC1. The van der Waals surface area contributed by atoms with E-state index in [2.05, 4.69) is 11.8 Å². The zero-order valence-corrected chi connectivity index (χ0v) is 11.7. The van der Waals surface area contributed by atoms with Crippen molar-refractivity contribution in [2.75, 3.05) is 13.1 Å². The van der Waals surface area contributed by atoms with Crippen molar-refractivity contribution < 1.29 is 9.18 Å². The Hall–Kier alpha value is -1.86. The van der Waals surface area contributed by atoms with Gasteiger partial charge < -0.3 is 10.6 Å².